The van der Waals surface area contributed by atoms with Crippen LogP contribution < -0.4 is 5.73 Å². The molecule has 1 heterocycles. The van der Waals surface area contributed by atoms with Crippen LogP contribution in [0, 0.1) is 0 Å². The molecule has 3 nitrogen and oxygen atoms in total. The summed E-state index contributed by atoms with van der Waals surface area (Å²) in [5.41, 5.74) is 8.04. The minimum absolute atomic E-state index is 0.0256. The van der Waals surface area contributed by atoms with Gasteiger partial charge in [-0.3, -0.25) is 9.78 Å². The molecule has 21 heavy (non-hydrogen) atoms. The molecule has 0 fully saturated rings. The summed E-state index contributed by atoms with van der Waals surface area (Å²) < 4.78 is 0. The van der Waals surface area contributed by atoms with Crippen LogP contribution in [0.3, 0.4) is 0 Å². The van der Waals surface area contributed by atoms with Crippen LogP contribution in [-0.4, -0.2) is 17.3 Å². The SMILES string of the molecule is NCCc1ccccc1C(=O)c1cccc2ccncc12. The van der Waals surface area contributed by atoms with Gasteiger partial charge in [0.1, 0.15) is 0 Å². The lowest BCUT2D eigenvalue weighted by Crippen LogP contribution is -2.10. The number of carbonyl (C=O) groups excluding carboxylic acids is 1. The summed E-state index contributed by atoms with van der Waals surface area (Å²) in [4.78, 5) is 17.0. The molecule has 3 aromatic rings. The molecule has 0 spiro atoms. The number of carbonyl (C=O) groups is 1. The van der Waals surface area contributed by atoms with Crippen LogP contribution in [-0.2, 0) is 6.42 Å². The molecule has 0 unspecified atom stereocenters. The van der Waals surface area contributed by atoms with Crippen molar-refractivity contribution in [3.8, 4) is 0 Å². The summed E-state index contributed by atoms with van der Waals surface area (Å²) in [6, 6.07) is 15.3. The van der Waals surface area contributed by atoms with Crippen molar-refractivity contribution in [1.82, 2.24) is 4.98 Å². The van der Waals surface area contributed by atoms with Crippen molar-refractivity contribution in [3.05, 3.63) is 77.6 Å². The summed E-state index contributed by atoms with van der Waals surface area (Å²) in [7, 11) is 0. The topological polar surface area (TPSA) is 56.0 Å². The fourth-order valence-corrected chi connectivity index (χ4v) is 2.57. The number of benzene rings is 2. The Morgan fingerprint density at radius 3 is 2.67 bits per heavy atom. The van der Waals surface area contributed by atoms with E-state index in [1.807, 2.05) is 48.5 Å². The number of rotatable bonds is 4. The van der Waals surface area contributed by atoms with Crippen LogP contribution in [0.25, 0.3) is 10.8 Å². The van der Waals surface area contributed by atoms with E-state index in [0.29, 0.717) is 18.5 Å². The third-order valence-electron chi connectivity index (χ3n) is 3.60. The highest BCUT2D eigenvalue weighted by Crippen LogP contribution is 2.22. The Balaban J connectivity index is 2.13. The molecule has 0 saturated carbocycles. The van der Waals surface area contributed by atoms with Crippen molar-refractivity contribution >= 4 is 16.6 Å². The maximum atomic E-state index is 12.9. The Kier molecular flexibility index (Phi) is 3.75. The van der Waals surface area contributed by atoms with Gasteiger partial charge < -0.3 is 5.73 Å². The average Bonchev–Trinajstić information content (AvgIpc) is 2.54. The predicted molar refractivity (Wildman–Crippen MR) is 84.4 cm³/mol. The Morgan fingerprint density at radius 2 is 1.81 bits per heavy atom. The number of hydrogen-bond acceptors (Lipinski definition) is 3. The van der Waals surface area contributed by atoms with Gasteiger partial charge in [0, 0.05) is 28.9 Å². The minimum atomic E-state index is 0.0256. The lowest BCUT2D eigenvalue weighted by Gasteiger charge is -2.09. The highest BCUT2D eigenvalue weighted by molar-refractivity contribution is 6.16. The Morgan fingerprint density at radius 1 is 1.00 bits per heavy atom. The fraction of sp³-hybridized carbons (Fsp3) is 0.111. The van der Waals surface area contributed by atoms with E-state index < -0.39 is 0 Å². The second kappa shape index (κ2) is 5.85. The zero-order valence-corrected chi connectivity index (χ0v) is 11.6. The maximum absolute atomic E-state index is 12.9. The number of nitrogens with two attached hydrogens (primary N) is 1. The molecule has 0 amide bonds. The molecule has 0 bridgehead atoms. The van der Waals surface area contributed by atoms with Gasteiger partial charge >= 0.3 is 0 Å². The molecule has 0 aliphatic rings. The van der Waals surface area contributed by atoms with Gasteiger partial charge in [-0.25, -0.2) is 0 Å². The fourth-order valence-electron chi connectivity index (χ4n) is 2.57. The van der Waals surface area contributed by atoms with Gasteiger partial charge in [-0.2, -0.15) is 0 Å². The highest BCUT2D eigenvalue weighted by Gasteiger charge is 2.15. The van der Waals surface area contributed by atoms with Crippen molar-refractivity contribution in [2.24, 2.45) is 5.73 Å². The molecule has 0 atom stereocenters. The van der Waals surface area contributed by atoms with Gasteiger partial charge in [0.2, 0.25) is 0 Å². The second-order valence-electron chi connectivity index (χ2n) is 4.93. The van der Waals surface area contributed by atoms with E-state index in [0.717, 1.165) is 21.9 Å². The molecule has 104 valence electrons. The summed E-state index contributed by atoms with van der Waals surface area (Å²) in [5.74, 6) is 0.0256. The van der Waals surface area contributed by atoms with E-state index in [-0.39, 0.29) is 5.78 Å². The van der Waals surface area contributed by atoms with Crippen molar-refractivity contribution in [3.63, 3.8) is 0 Å². The maximum Gasteiger partial charge on any atom is 0.193 e. The molecule has 1 aromatic heterocycles. The molecule has 0 saturated heterocycles. The van der Waals surface area contributed by atoms with E-state index in [1.54, 1.807) is 12.4 Å². The standard InChI is InChI=1S/C18H16N2O/c19-10-8-13-4-1-2-6-15(13)18(21)16-7-3-5-14-9-11-20-12-17(14)16/h1-7,9,11-12H,8,10,19H2. The summed E-state index contributed by atoms with van der Waals surface area (Å²) in [5, 5.41) is 1.90. The van der Waals surface area contributed by atoms with E-state index >= 15 is 0 Å². The molecule has 0 aliphatic carbocycles. The highest BCUT2D eigenvalue weighted by atomic mass is 16.1. The Bertz CT molecular complexity index is 791. The lowest BCUT2D eigenvalue weighted by atomic mass is 9.94. The number of aromatic nitrogens is 1. The van der Waals surface area contributed by atoms with Gasteiger partial charge in [-0.1, -0.05) is 42.5 Å². The summed E-state index contributed by atoms with van der Waals surface area (Å²) in [6.07, 6.45) is 4.18. The normalized spacial score (nSPS) is 10.7. The van der Waals surface area contributed by atoms with Gasteiger partial charge in [-0.15, -0.1) is 0 Å². The van der Waals surface area contributed by atoms with Crippen LogP contribution in [0.5, 0.6) is 0 Å². The van der Waals surface area contributed by atoms with E-state index in [2.05, 4.69) is 4.98 Å². The van der Waals surface area contributed by atoms with E-state index in [4.69, 9.17) is 5.73 Å². The Labute approximate surface area is 123 Å². The van der Waals surface area contributed by atoms with Crippen LogP contribution in [0.15, 0.2) is 60.9 Å². The molecule has 3 rings (SSSR count). The number of nitrogens with zero attached hydrogens (tertiary/aromatic N) is 1. The largest absolute Gasteiger partial charge is 0.330 e. The molecule has 2 aromatic carbocycles. The van der Waals surface area contributed by atoms with Gasteiger partial charge in [0.05, 0.1) is 0 Å². The van der Waals surface area contributed by atoms with Crippen molar-refractivity contribution in [2.75, 3.05) is 6.54 Å². The Hall–Kier alpha value is -2.52. The first kappa shape index (κ1) is 13.5. The number of hydrogen-bond donors (Lipinski definition) is 1. The van der Waals surface area contributed by atoms with E-state index in [1.165, 1.54) is 0 Å². The molecular weight excluding hydrogens is 260 g/mol. The zero-order chi connectivity index (χ0) is 14.7. The van der Waals surface area contributed by atoms with Crippen molar-refractivity contribution in [2.45, 2.75) is 6.42 Å². The quantitative estimate of drug-likeness (QED) is 0.745. The number of ketones is 1. The number of fused-ring (bicyclic) bond motifs is 1. The van der Waals surface area contributed by atoms with Gasteiger partial charge in [-0.05, 0) is 30.0 Å². The monoisotopic (exact) mass is 276 g/mol. The second-order valence-corrected chi connectivity index (χ2v) is 4.93. The van der Waals surface area contributed by atoms with Crippen molar-refractivity contribution < 1.29 is 4.79 Å². The predicted octanol–water partition coefficient (Wildman–Crippen LogP) is 2.97. The molecule has 3 heteroatoms. The minimum Gasteiger partial charge on any atom is -0.330 e. The van der Waals surface area contributed by atoms with Crippen LogP contribution >= 0.6 is 0 Å². The van der Waals surface area contributed by atoms with Gasteiger partial charge in [0.25, 0.3) is 0 Å². The van der Waals surface area contributed by atoms with E-state index in [9.17, 15) is 4.79 Å². The van der Waals surface area contributed by atoms with Crippen molar-refractivity contribution in [1.29, 1.82) is 0 Å². The zero-order valence-electron chi connectivity index (χ0n) is 11.6. The molecule has 0 aliphatic heterocycles. The van der Waals surface area contributed by atoms with Gasteiger partial charge in [0.15, 0.2) is 5.78 Å². The first-order valence-corrected chi connectivity index (χ1v) is 6.96. The third kappa shape index (κ3) is 2.56. The lowest BCUT2D eigenvalue weighted by molar-refractivity contribution is 0.103. The first-order chi connectivity index (χ1) is 10.3. The first-order valence-electron chi connectivity index (χ1n) is 6.96. The van der Waals surface area contributed by atoms with Crippen LogP contribution in [0.1, 0.15) is 21.5 Å². The average molecular weight is 276 g/mol. The summed E-state index contributed by atoms with van der Waals surface area (Å²) in [6.45, 7) is 0.529. The third-order valence-corrected chi connectivity index (χ3v) is 3.60. The smallest absolute Gasteiger partial charge is 0.193 e. The van der Waals surface area contributed by atoms with Crippen LogP contribution in [0.2, 0.25) is 0 Å². The molecule has 2 N–H and O–H groups in total. The molecular formula is C18H16N2O. The molecule has 0 radical (unpaired) electrons. The number of pyridine rings is 1. The van der Waals surface area contributed by atoms with Crippen LogP contribution in [0.4, 0.5) is 0 Å². The summed E-state index contributed by atoms with van der Waals surface area (Å²) >= 11 is 0.